The van der Waals surface area contributed by atoms with E-state index in [4.69, 9.17) is 10.9 Å². The van der Waals surface area contributed by atoms with Crippen molar-refractivity contribution in [2.45, 2.75) is 52.5 Å². The largest absolute Gasteiger partial charge is 0.409 e. The third-order valence-corrected chi connectivity index (χ3v) is 4.16. The maximum atomic E-state index is 8.71. The minimum Gasteiger partial charge on any atom is -0.409 e. The Balaban J connectivity index is 2.10. The summed E-state index contributed by atoms with van der Waals surface area (Å²) in [6.07, 6.45) is 4.65. The Morgan fingerprint density at radius 1 is 1.42 bits per heavy atom. The van der Waals surface area contributed by atoms with E-state index in [0.717, 1.165) is 25.9 Å². The Labute approximate surface area is 117 Å². The van der Waals surface area contributed by atoms with Gasteiger partial charge in [0.1, 0.15) is 5.84 Å². The number of hydrogen-bond acceptors (Lipinski definition) is 4. The van der Waals surface area contributed by atoms with E-state index in [1.54, 1.807) is 0 Å². The van der Waals surface area contributed by atoms with E-state index in [1.807, 2.05) is 13.8 Å². The number of hydrogen-bond donors (Lipinski definition) is 3. The number of likely N-dealkylation sites (tertiary alicyclic amines) is 1. The zero-order valence-corrected chi connectivity index (χ0v) is 12.7. The van der Waals surface area contributed by atoms with Gasteiger partial charge in [0.15, 0.2) is 0 Å². The van der Waals surface area contributed by atoms with E-state index in [1.165, 1.54) is 25.9 Å². The topological polar surface area (TPSA) is 73.9 Å². The number of nitrogens with one attached hydrogen (secondary N) is 1. The second kappa shape index (κ2) is 7.70. The summed E-state index contributed by atoms with van der Waals surface area (Å²) in [5.41, 5.74) is 5.44. The lowest BCUT2D eigenvalue weighted by Crippen LogP contribution is -2.39. The summed E-state index contributed by atoms with van der Waals surface area (Å²) in [7, 11) is 0. The van der Waals surface area contributed by atoms with Crippen molar-refractivity contribution in [3.63, 3.8) is 0 Å². The van der Waals surface area contributed by atoms with Crippen LogP contribution in [-0.4, -0.2) is 48.2 Å². The Hall–Kier alpha value is -0.810. The lowest BCUT2D eigenvalue weighted by molar-refractivity contribution is 0.251. The fourth-order valence-electron chi connectivity index (χ4n) is 2.54. The normalized spacial score (nSPS) is 19.8. The van der Waals surface area contributed by atoms with Gasteiger partial charge in [-0.3, -0.25) is 4.90 Å². The van der Waals surface area contributed by atoms with Crippen LogP contribution in [0.15, 0.2) is 5.16 Å². The molecule has 0 bridgehead atoms. The van der Waals surface area contributed by atoms with Gasteiger partial charge in [-0.25, -0.2) is 0 Å². The van der Waals surface area contributed by atoms with Crippen LogP contribution in [0.2, 0.25) is 0 Å². The van der Waals surface area contributed by atoms with Crippen LogP contribution < -0.4 is 11.1 Å². The van der Waals surface area contributed by atoms with Gasteiger partial charge in [0.25, 0.3) is 0 Å². The molecule has 1 heterocycles. The molecule has 0 radical (unpaired) electrons. The number of oxime groups is 1. The van der Waals surface area contributed by atoms with Crippen LogP contribution in [-0.2, 0) is 0 Å². The fourth-order valence-corrected chi connectivity index (χ4v) is 2.54. The second-order valence-corrected chi connectivity index (χ2v) is 6.27. The van der Waals surface area contributed by atoms with Crippen molar-refractivity contribution in [2.75, 3.05) is 26.2 Å². The average Bonchev–Trinajstić information content (AvgIpc) is 2.90. The van der Waals surface area contributed by atoms with Crippen molar-refractivity contribution in [1.29, 1.82) is 0 Å². The molecule has 4 N–H and O–H groups in total. The van der Waals surface area contributed by atoms with Crippen LogP contribution in [0, 0.1) is 5.41 Å². The first kappa shape index (κ1) is 16.2. The third kappa shape index (κ3) is 5.37. The summed E-state index contributed by atoms with van der Waals surface area (Å²) in [4.78, 5) is 2.55. The van der Waals surface area contributed by atoms with Crippen molar-refractivity contribution in [3.8, 4) is 0 Å². The predicted octanol–water partition coefficient (Wildman–Crippen LogP) is 1.61. The van der Waals surface area contributed by atoms with Crippen LogP contribution in [0.25, 0.3) is 0 Å². The van der Waals surface area contributed by atoms with Crippen LogP contribution in [0.5, 0.6) is 0 Å². The fraction of sp³-hybridized carbons (Fsp3) is 0.929. The molecular formula is C14H30N4O. The Bertz CT molecular complexity index is 285. The van der Waals surface area contributed by atoms with Gasteiger partial charge in [-0.05, 0) is 52.2 Å². The minimum absolute atomic E-state index is 0.225. The predicted molar refractivity (Wildman–Crippen MR) is 79.6 cm³/mol. The summed E-state index contributed by atoms with van der Waals surface area (Å²) in [6.45, 7) is 10.8. The summed E-state index contributed by atoms with van der Waals surface area (Å²) >= 11 is 0. The van der Waals surface area contributed by atoms with Gasteiger partial charge in [0, 0.05) is 18.0 Å². The van der Waals surface area contributed by atoms with E-state index in [0.29, 0.717) is 11.9 Å². The SMILES string of the molecule is CC(CNCCCC(C)(C)C(N)=NO)N1CCCC1. The molecule has 0 aromatic carbocycles. The summed E-state index contributed by atoms with van der Waals surface area (Å²) in [5, 5.41) is 15.3. The van der Waals surface area contributed by atoms with Crippen LogP contribution in [0.3, 0.4) is 0 Å². The molecule has 1 saturated heterocycles. The first-order valence-electron chi connectivity index (χ1n) is 7.40. The first-order valence-corrected chi connectivity index (χ1v) is 7.40. The van der Waals surface area contributed by atoms with E-state index in [9.17, 15) is 0 Å². The summed E-state index contributed by atoms with van der Waals surface area (Å²) in [6, 6.07) is 0.625. The zero-order valence-electron chi connectivity index (χ0n) is 12.7. The van der Waals surface area contributed by atoms with Gasteiger partial charge in [0.05, 0.1) is 0 Å². The molecule has 1 aliphatic heterocycles. The molecule has 1 unspecified atom stereocenters. The molecule has 5 heteroatoms. The van der Waals surface area contributed by atoms with E-state index in [-0.39, 0.29) is 5.41 Å². The monoisotopic (exact) mass is 270 g/mol. The molecule has 0 aromatic rings. The van der Waals surface area contributed by atoms with Gasteiger partial charge < -0.3 is 16.3 Å². The molecule has 1 fully saturated rings. The third-order valence-electron chi connectivity index (χ3n) is 4.16. The smallest absolute Gasteiger partial charge is 0.144 e. The molecule has 1 aliphatic rings. The van der Waals surface area contributed by atoms with Crippen LogP contribution >= 0.6 is 0 Å². The van der Waals surface area contributed by atoms with Crippen molar-refractivity contribution in [3.05, 3.63) is 0 Å². The number of nitrogens with zero attached hydrogens (tertiary/aromatic N) is 2. The van der Waals surface area contributed by atoms with Gasteiger partial charge in [-0.15, -0.1) is 0 Å². The summed E-state index contributed by atoms with van der Waals surface area (Å²) < 4.78 is 0. The molecule has 0 spiro atoms. The van der Waals surface area contributed by atoms with Gasteiger partial charge >= 0.3 is 0 Å². The Kier molecular flexibility index (Phi) is 6.58. The second-order valence-electron chi connectivity index (χ2n) is 6.27. The van der Waals surface area contributed by atoms with E-state index >= 15 is 0 Å². The quantitative estimate of drug-likeness (QED) is 0.206. The first-order chi connectivity index (χ1) is 8.97. The molecule has 19 heavy (non-hydrogen) atoms. The molecule has 0 aromatic heterocycles. The standard InChI is InChI=1S/C14H30N4O/c1-12(18-9-4-5-10-18)11-16-8-6-7-14(2,3)13(15)17-19/h12,16,19H,4-11H2,1-3H3,(H2,15,17). The van der Waals surface area contributed by atoms with E-state index < -0.39 is 0 Å². The van der Waals surface area contributed by atoms with Gasteiger partial charge in [0.2, 0.25) is 0 Å². The van der Waals surface area contributed by atoms with Gasteiger partial charge in [-0.2, -0.15) is 0 Å². The van der Waals surface area contributed by atoms with Crippen molar-refractivity contribution >= 4 is 5.84 Å². The van der Waals surface area contributed by atoms with Crippen LogP contribution in [0.1, 0.15) is 46.5 Å². The van der Waals surface area contributed by atoms with Gasteiger partial charge in [-0.1, -0.05) is 19.0 Å². The Morgan fingerprint density at radius 2 is 2.05 bits per heavy atom. The molecular weight excluding hydrogens is 240 g/mol. The highest BCUT2D eigenvalue weighted by molar-refractivity contribution is 5.85. The lowest BCUT2D eigenvalue weighted by Gasteiger charge is -2.25. The highest BCUT2D eigenvalue weighted by atomic mass is 16.4. The number of amidine groups is 1. The number of nitrogens with two attached hydrogens (primary N) is 1. The van der Waals surface area contributed by atoms with E-state index in [2.05, 4.69) is 22.3 Å². The molecule has 0 aliphatic carbocycles. The molecule has 0 amide bonds. The number of rotatable bonds is 8. The minimum atomic E-state index is -0.225. The van der Waals surface area contributed by atoms with Crippen molar-refractivity contribution in [2.24, 2.45) is 16.3 Å². The summed E-state index contributed by atoms with van der Waals surface area (Å²) in [5.74, 6) is 0.318. The maximum Gasteiger partial charge on any atom is 0.144 e. The van der Waals surface area contributed by atoms with Crippen molar-refractivity contribution < 1.29 is 5.21 Å². The molecule has 0 saturated carbocycles. The maximum absolute atomic E-state index is 8.71. The highest BCUT2D eigenvalue weighted by Gasteiger charge is 2.23. The zero-order chi connectivity index (χ0) is 14.3. The lowest BCUT2D eigenvalue weighted by atomic mass is 9.86. The average molecular weight is 270 g/mol. The molecule has 112 valence electrons. The molecule has 5 nitrogen and oxygen atoms in total. The highest BCUT2D eigenvalue weighted by Crippen LogP contribution is 2.21. The van der Waals surface area contributed by atoms with Crippen LogP contribution in [0.4, 0.5) is 0 Å². The van der Waals surface area contributed by atoms with Crippen molar-refractivity contribution in [1.82, 2.24) is 10.2 Å². The Morgan fingerprint density at radius 3 is 2.63 bits per heavy atom. The molecule has 1 rings (SSSR count). The molecule has 1 atom stereocenters.